The second-order valence-corrected chi connectivity index (χ2v) is 6.60. The highest BCUT2D eigenvalue weighted by molar-refractivity contribution is 6.11. The number of nitrogens with one attached hydrogen (secondary N) is 2. The average molecular weight is 337 g/mol. The Morgan fingerprint density at radius 3 is 2.52 bits per heavy atom. The largest absolute Gasteiger partial charge is 0.374 e. The maximum Gasteiger partial charge on any atom is 0.249 e. The van der Waals surface area contributed by atoms with Crippen molar-refractivity contribution < 1.29 is 9.59 Å². The van der Waals surface area contributed by atoms with Crippen LogP contribution < -0.4 is 15.5 Å². The van der Waals surface area contributed by atoms with Gasteiger partial charge in [0.1, 0.15) is 12.6 Å². The van der Waals surface area contributed by atoms with E-state index in [2.05, 4.69) is 30.5 Å². The van der Waals surface area contributed by atoms with Gasteiger partial charge in [0, 0.05) is 5.69 Å². The summed E-state index contributed by atoms with van der Waals surface area (Å²) in [7, 11) is 0. The van der Waals surface area contributed by atoms with E-state index in [0.29, 0.717) is 11.6 Å². The number of hydrogen-bond donors (Lipinski definition) is 2. The third-order valence-corrected chi connectivity index (χ3v) is 4.36. The van der Waals surface area contributed by atoms with Crippen molar-refractivity contribution in [1.82, 2.24) is 0 Å². The maximum atomic E-state index is 13.0. The number of carbonyl (C=O) groups is 2. The molecule has 5 nitrogen and oxygen atoms in total. The highest BCUT2D eigenvalue weighted by Gasteiger charge is 2.29. The van der Waals surface area contributed by atoms with Gasteiger partial charge in [0.2, 0.25) is 11.8 Å². The molecule has 0 radical (unpaired) electrons. The smallest absolute Gasteiger partial charge is 0.249 e. The number of fused-ring (bicyclic) bond motifs is 1. The highest BCUT2D eigenvalue weighted by Crippen LogP contribution is 2.30. The summed E-state index contributed by atoms with van der Waals surface area (Å²) in [5.74, 6) is 0.0511. The molecule has 1 heterocycles. The van der Waals surface area contributed by atoms with Gasteiger partial charge in [-0.3, -0.25) is 14.5 Å². The molecule has 0 spiro atoms. The van der Waals surface area contributed by atoms with E-state index in [0.717, 1.165) is 11.4 Å². The minimum atomic E-state index is -0.446. The molecular weight excluding hydrogens is 314 g/mol. The third kappa shape index (κ3) is 3.50. The molecule has 0 saturated carbocycles. The standard InChI is InChI=1S/C20H23N3O2/c1-13(2)15-8-4-5-9-16(15)21-14(3)20(25)23-12-19(24)22-17-10-6-7-11-18(17)23/h4-11,13-14,21H,12H2,1-3H3,(H,22,24)/t14-/m1/s1. The summed E-state index contributed by atoms with van der Waals surface area (Å²) in [5, 5.41) is 6.12. The number of benzene rings is 2. The molecule has 25 heavy (non-hydrogen) atoms. The summed E-state index contributed by atoms with van der Waals surface area (Å²) < 4.78 is 0. The number of rotatable bonds is 4. The lowest BCUT2D eigenvalue weighted by atomic mass is 10.0. The first-order chi connectivity index (χ1) is 12.0. The van der Waals surface area contributed by atoms with Crippen molar-refractivity contribution in [3.05, 3.63) is 54.1 Å². The number of para-hydroxylation sites is 3. The first-order valence-electron chi connectivity index (χ1n) is 8.53. The molecule has 0 aromatic heterocycles. The van der Waals surface area contributed by atoms with Crippen molar-refractivity contribution in [2.24, 2.45) is 0 Å². The first kappa shape index (κ1) is 17.0. The van der Waals surface area contributed by atoms with Gasteiger partial charge < -0.3 is 10.6 Å². The van der Waals surface area contributed by atoms with Gasteiger partial charge in [0.25, 0.3) is 0 Å². The first-order valence-corrected chi connectivity index (χ1v) is 8.53. The van der Waals surface area contributed by atoms with Crippen LogP contribution in [0.5, 0.6) is 0 Å². The molecule has 2 aromatic rings. The molecule has 2 aromatic carbocycles. The van der Waals surface area contributed by atoms with E-state index >= 15 is 0 Å². The van der Waals surface area contributed by atoms with Crippen LogP contribution in [0, 0.1) is 0 Å². The molecule has 1 atom stereocenters. The van der Waals surface area contributed by atoms with Gasteiger partial charge in [-0.05, 0) is 36.6 Å². The monoisotopic (exact) mass is 337 g/mol. The van der Waals surface area contributed by atoms with Gasteiger partial charge in [-0.1, -0.05) is 44.2 Å². The number of anilines is 3. The summed E-state index contributed by atoms with van der Waals surface area (Å²) >= 11 is 0. The Kier molecular flexibility index (Phi) is 4.74. The van der Waals surface area contributed by atoms with Gasteiger partial charge in [0.05, 0.1) is 11.4 Å². The molecule has 0 fully saturated rings. The molecule has 0 unspecified atom stereocenters. The molecule has 3 rings (SSSR count). The molecule has 1 aliphatic rings. The summed E-state index contributed by atoms with van der Waals surface area (Å²) in [6.07, 6.45) is 0. The predicted octanol–water partition coefficient (Wildman–Crippen LogP) is 3.60. The van der Waals surface area contributed by atoms with E-state index in [-0.39, 0.29) is 18.4 Å². The van der Waals surface area contributed by atoms with Crippen LogP contribution in [-0.4, -0.2) is 24.4 Å². The second kappa shape index (κ2) is 6.97. The minimum Gasteiger partial charge on any atom is -0.374 e. The zero-order chi connectivity index (χ0) is 18.0. The maximum absolute atomic E-state index is 13.0. The highest BCUT2D eigenvalue weighted by atomic mass is 16.2. The Balaban J connectivity index is 1.83. The summed E-state index contributed by atoms with van der Waals surface area (Å²) in [6.45, 7) is 6.11. The lowest BCUT2D eigenvalue weighted by Crippen LogP contribution is -2.47. The van der Waals surface area contributed by atoms with Crippen molar-refractivity contribution >= 4 is 28.9 Å². The number of nitrogens with zero attached hydrogens (tertiary/aromatic N) is 1. The van der Waals surface area contributed by atoms with E-state index in [1.807, 2.05) is 43.3 Å². The zero-order valence-corrected chi connectivity index (χ0v) is 14.7. The van der Waals surface area contributed by atoms with Gasteiger partial charge in [-0.15, -0.1) is 0 Å². The SMILES string of the molecule is CC(C)c1ccccc1N[C@H](C)C(=O)N1CC(=O)Nc2ccccc21. The van der Waals surface area contributed by atoms with Crippen LogP contribution in [0.1, 0.15) is 32.3 Å². The van der Waals surface area contributed by atoms with Gasteiger partial charge in [0.15, 0.2) is 0 Å². The fourth-order valence-electron chi connectivity index (χ4n) is 3.09. The molecule has 130 valence electrons. The Morgan fingerprint density at radius 1 is 1.08 bits per heavy atom. The van der Waals surface area contributed by atoms with E-state index in [4.69, 9.17) is 0 Å². The molecule has 2 amide bonds. The summed E-state index contributed by atoms with van der Waals surface area (Å²) in [4.78, 5) is 26.5. The topological polar surface area (TPSA) is 61.4 Å². The minimum absolute atomic E-state index is 0.0354. The average Bonchev–Trinajstić information content (AvgIpc) is 2.60. The molecule has 2 N–H and O–H groups in total. The summed E-state index contributed by atoms with van der Waals surface area (Å²) in [5.41, 5.74) is 3.52. The molecule has 0 bridgehead atoms. The van der Waals surface area contributed by atoms with Crippen molar-refractivity contribution in [3.8, 4) is 0 Å². The number of carbonyl (C=O) groups excluding carboxylic acids is 2. The van der Waals surface area contributed by atoms with E-state index in [1.165, 1.54) is 5.56 Å². The molecule has 5 heteroatoms. The molecule has 0 saturated heterocycles. The van der Waals surface area contributed by atoms with Gasteiger partial charge in [-0.25, -0.2) is 0 Å². The lowest BCUT2D eigenvalue weighted by molar-refractivity contribution is -0.122. The predicted molar refractivity (Wildman–Crippen MR) is 101 cm³/mol. The summed E-state index contributed by atoms with van der Waals surface area (Å²) in [6, 6.07) is 14.9. The molecule has 1 aliphatic heterocycles. The third-order valence-electron chi connectivity index (χ3n) is 4.36. The van der Waals surface area contributed by atoms with Gasteiger partial charge in [-0.2, -0.15) is 0 Å². The van der Waals surface area contributed by atoms with E-state index < -0.39 is 6.04 Å². The van der Waals surface area contributed by atoms with E-state index in [9.17, 15) is 9.59 Å². The quantitative estimate of drug-likeness (QED) is 0.896. The van der Waals surface area contributed by atoms with E-state index in [1.54, 1.807) is 11.0 Å². The van der Waals surface area contributed by atoms with Crippen LogP contribution in [0.4, 0.5) is 17.1 Å². The fourth-order valence-corrected chi connectivity index (χ4v) is 3.09. The van der Waals surface area contributed by atoms with Gasteiger partial charge >= 0.3 is 0 Å². The normalized spacial score (nSPS) is 14.7. The number of amides is 2. The van der Waals surface area contributed by atoms with Crippen LogP contribution in [0.15, 0.2) is 48.5 Å². The Labute approximate surface area is 148 Å². The van der Waals surface area contributed by atoms with Crippen molar-refractivity contribution in [2.45, 2.75) is 32.7 Å². The van der Waals surface area contributed by atoms with Crippen molar-refractivity contribution in [2.75, 3.05) is 22.1 Å². The second-order valence-electron chi connectivity index (χ2n) is 6.60. The lowest BCUT2D eigenvalue weighted by Gasteiger charge is -2.31. The van der Waals surface area contributed by atoms with Crippen LogP contribution in [0.3, 0.4) is 0 Å². The van der Waals surface area contributed by atoms with Crippen molar-refractivity contribution in [1.29, 1.82) is 0 Å². The Bertz CT molecular complexity index is 801. The van der Waals surface area contributed by atoms with Crippen LogP contribution in [0.2, 0.25) is 0 Å². The Morgan fingerprint density at radius 2 is 1.76 bits per heavy atom. The Hall–Kier alpha value is -2.82. The van der Waals surface area contributed by atoms with Crippen LogP contribution in [0.25, 0.3) is 0 Å². The molecular formula is C20H23N3O2. The zero-order valence-electron chi connectivity index (χ0n) is 14.7. The van der Waals surface area contributed by atoms with Crippen LogP contribution >= 0.6 is 0 Å². The number of hydrogen-bond acceptors (Lipinski definition) is 3. The van der Waals surface area contributed by atoms with Crippen molar-refractivity contribution in [3.63, 3.8) is 0 Å². The fraction of sp³-hybridized carbons (Fsp3) is 0.300. The van der Waals surface area contributed by atoms with Crippen LogP contribution in [-0.2, 0) is 9.59 Å². The molecule has 0 aliphatic carbocycles.